The zero-order valence-corrected chi connectivity index (χ0v) is 15.6. The van der Waals surface area contributed by atoms with Gasteiger partial charge in [0.25, 0.3) is 0 Å². The molecule has 9 heteroatoms. The van der Waals surface area contributed by atoms with E-state index >= 15 is 0 Å². The van der Waals surface area contributed by atoms with Crippen LogP contribution in [-0.4, -0.2) is 52.8 Å². The molecule has 1 saturated heterocycles. The molecule has 1 aliphatic rings. The Morgan fingerprint density at radius 2 is 1.84 bits per heavy atom. The Bertz CT molecular complexity index is 844. The molecule has 0 bridgehead atoms. The van der Waals surface area contributed by atoms with Crippen molar-refractivity contribution in [3.05, 3.63) is 36.2 Å². The molecule has 1 aromatic heterocycles. The first kappa shape index (κ1) is 17.9. The summed E-state index contributed by atoms with van der Waals surface area (Å²) in [4.78, 5) is 14.2. The van der Waals surface area contributed by atoms with Crippen molar-refractivity contribution in [2.75, 3.05) is 18.8 Å². The highest BCUT2D eigenvalue weighted by molar-refractivity contribution is 7.99. The lowest BCUT2D eigenvalue weighted by molar-refractivity contribution is -0.127. The molecule has 0 unspecified atom stereocenters. The van der Waals surface area contributed by atoms with E-state index in [2.05, 4.69) is 10.2 Å². The number of rotatable bonds is 6. The molecule has 1 aromatic carbocycles. The molecular formula is C16H20N4O3S2. The normalized spacial score (nSPS) is 14.8. The Hall–Kier alpha value is -1.87. The zero-order chi connectivity index (χ0) is 17.9. The van der Waals surface area contributed by atoms with Gasteiger partial charge in [-0.15, -0.1) is 10.2 Å². The van der Waals surface area contributed by atoms with Gasteiger partial charge in [0.05, 0.1) is 10.6 Å². The molecule has 0 atom stereocenters. The Labute approximate surface area is 151 Å². The van der Waals surface area contributed by atoms with Crippen molar-refractivity contribution >= 4 is 27.5 Å². The molecule has 2 aromatic rings. The summed E-state index contributed by atoms with van der Waals surface area (Å²) in [5.41, 5.74) is 0. The van der Waals surface area contributed by atoms with Crippen molar-refractivity contribution in [1.29, 1.82) is 0 Å². The minimum Gasteiger partial charge on any atom is -0.342 e. The summed E-state index contributed by atoms with van der Waals surface area (Å²) < 4.78 is 26.6. The molecular weight excluding hydrogens is 360 g/mol. The van der Waals surface area contributed by atoms with E-state index in [1.807, 2.05) is 4.90 Å². The Kier molecular flexibility index (Phi) is 5.43. The van der Waals surface area contributed by atoms with Crippen LogP contribution in [0.2, 0.25) is 0 Å². The second-order valence-corrected chi connectivity index (χ2v) is 8.84. The maximum Gasteiger partial charge on any atom is 0.233 e. The number of sulfone groups is 1. The van der Waals surface area contributed by atoms with Gasteiger partial charge in [-0.3, -0.25) is 4.79 Å². The quantitative estimate of drug-likeness (QED) is 0.706. The van der Waals surface area contributed by atoms with Crippen molar-refractivity contribution in [2.45, 2.75) is 28.6 Å². The van der Waals surface area contributed by atoms with Gasteiger partial charge < -0.3 is 9.47 Å². The molecule has 0 saturated carbocycles. The minimum atomic E-state index is -3.47. The lowest BCUT2D eigenvalue weighted by Crippen LogP contribution is -2.29. The second kappa shape index (κ2) is 7.57. The van der Waals surface area contributed by atoms with Gasteiger partial charge in [0.15, 0.2) is 15.0 Å². The van der Waals surface area contributed by atoms with Crippen LogP contribution in [0.25, 0.3) is 0 Å². The molecule has 0 radical (unpaired) electrons. The molecule has 25 heavy (non-hydrogen) atoms. The van der Waals surface area contributed by atoms with Crippen molar-refractivity contribution < 1.29 is 13.2 Å². The van der Waals surface area contributed by atoms with Crippen LogP contribution in [0.4, 0.5) is 0 Å². The van der Waals surface area contributed by atoms with E-state index in [9.17, 15) is 13.2 Å². The number of amides is 1. The smallest absolute Gasteiger partial charge is 0.233 e. The molecule has 1 fully saturated rings. The highest BCUT2D eigenvalue weighted by atomic mass is 32.2. The summed E-state index contributed by atoms with van der Waals surface area (Å²) in [6.07, 6.45) is 2.11. The fourth-order valence-electron chi connectivity index (χ4n) is 2.66. The van der Waals surface area contributed by atoms with Crippen LogP contribution in [0.5, 0.6) is 0 Å². The van der Waals surface area contributed by atoms with Crippen molar-refractivity contribution in [2.24, 2.45) is 7.05 Å². The number of thioether (sulfide) groups is 1. The first-order valence-corrected chi connectivity index (χ1v) is 10.7. The number of carbonyl (C=O) groups is 1. The summed E-state index contributed by atoms with van der Waals surface area (Å²) in [5.74, 6) is 0.516. The summed E-state index contributed by atoms with van der Waals surface area (Å²) in [7, 11) is -1.75. The fourth-order valence-corrected chi connectivity index (χ4v) is 4.82. The van der Waals surface area contributed by atoms with Gasteiger partial charge in [0.2, 0.25) is 5.91 Å². The maximum atomic E-state index is 12.5. The van der Waals surface area contributed by atoms with Crippen molar-refractivity contribution in [3.63, 3.8) is 0 Å². The summed E-state index contributed by atoms with van der Waals surface area (Å²) in [6.45, 7) is 1.64. The molecule has 7 nitrogen and oxygen atoms in total. The Morgan fingerprint density at radius 1 is 1.16 bits per heavy atom. The first-order chi connectivity index (χ1) is 12.0. The van der Waals surface area contributed by atoms with E-state index in [1.54, 1.807) is 41.9 Å². The van der Waals surface area contributed by atoms with Crippen LogP contribution in [0.3, 0.4) is 0 Å². The third-order valence-corrected chi connectivity index (χ3v) is 6.76. The topological polar surface area (TPSA) is 85.2 Å². The van der Waals surface area contributed by atoms with Gasteiger partial charge in [-0.25, -0.2) is 8.42 Å². The monoisotopic (exact) mass is 380 g/mol. The zero-order valence-electron chi connectivity index (χ0n) is 14.0. The van der Waals surface area contributed by atoms with E-state index in [-0.39, 0.29) is 22.3 Å². The summed E-state index contributed by atoms with van der Waals surface area (Å²) in [6, 6.07) is 8.28. The predicted molar refractivity (Wildman–Crippen MR) is 94.9 cm³/mol. The molecule has 0 spiro atoms. The second-order valence-electron chi connectivity index (χ2n) is 5.91. The fraction of sp³-hybridized carbons (Fsp3) is 0.438. The number of nitrogens with zero attached hydrogens (tertiary/aromatic N) is 4. The average molecular weight is 380 g/mol. The first-order valence-electron chi connectivity index (χ1n) is 8.04. The van der Waals surface area contributed by atoms with Crippen molar-refractivity contribution in [3.8, 4) is 0 Å². The van der Waals surface area contributed by atoms with Crippen LogP contribution in [0, 0.1) is 0 Å². The van der Waals surface area contributed by atoms with Crippen LogP contribution < -0.4 is 0 Å². The summed E-state index contributed by atoms with van der Waals surface area (Å²) in [5, 5.41) is 8.57. The van der Waals surface area contributed by atoms with Gasteiger partial charge in [0.1, 0.15) is 11.6 Å². The average Bonchev–Trinajstić information content (AvgIpc) is 3.25. The molecule has 134 valence electrons. The third kappa shape index (κ3) is 4.21. The van der Waals surface area contributed by atoms with Crippen molar-refractivity contribution in [1.82, 2.24) is 19.7 Å². The van der Waals surface area contributed by atoms with Crippen LogP contribution >= 0.6 is 11.8 Å². The number of carbonyl (C=O) groups excluding carboxylic acids is 1. The summed E-state index contributed by atoms with van der Waals surface area (Å²) >= 11 is 1.29. The maximum absolute atomic E-state index is 12.5. The van der Waals surface area contributed by atoms with Gasteiger partial charge >= 0.3 is 0 Å². The standard InChI is InChI=1S/C16H20N4O3S2/c1-19-14(12-25(22,23)13-7-3-2-4-8-13)17-18-16(19)24-11-15(21)20-9-5-6-10-20/h2-4,7-8H,5-6,9-12H2,1H3. The molecule has 0 N–H and O–H groups in total. The molecule has 3 rings (SSSR count). The van der Waals surface area contributed by atoms with Crippen LogP contribution in [0.15, 0.2) is 40.4 Å². The van der Waals surface area contributed by atoms with Gasteiger partial charge in [-0.1, -0.05) is 30.0 Å². The SMILES string of the molecule is Cn1c(CS(=O)(=O)c2ccccc2)nnc1SCC(=O)N1CCCC1. The minimum absolute atomic E-state index is 0.0870. The van der Waals surface area contributed by atoms with E-state index in [0.717, 1.165) is 25.9 Å². The molecule has 1 amide bonds. The number of hydrogen-bond acceptors (Lipinski definition) is 6. The van der Waals surface area contributed by atoms with E-state index in [1.165, 1.54) is 11.8 Å². The Balaban J connectivity index is 1.66. The van der Waals surface area contributed by atoms with E-state index in [4.69, 9.17) is 0 Å². The molecule has 2 heterocycles. The highest BCUT2D eigenvalue weighted by Gasteiger charge is 2.22. The molecule has 1 aliphatic heterocycles. The number of benzene rings is 1. The lowest BCUT2D eigenvalue weighted by Gasteiger charge is -2.14. The number of likely N-dealkylation sites (tertiary alicyclic amines) is 1. The van der Waals surface area contributed by atoms with Gasteiger partial charge in [0, 0.05) is 20.1 Å². The van der Waals surface area contributed by atoms with E-state index < -0.39 is 9.84 Å². The van der Waals surface area contributed by atoms with Crippen LogP contribution in [0.1, 0.15) is 18.7 Å². The van der Waals surface area contributed by atoms with Gasteiger partial charge in [-0.2, -0.15) is 0 Å². The molecule has 0 aliphatic carbocycles. The van der Waals surface area contributed by atoms with Crippen LogP contribution in [-0.2, 0) is 27.4 Å². The van der Waals surface area contributed by atoms with Gasteiger partial charge in [-0.05, 0) is 25.0 Å². The third-order valence-electron chi connectivity index (χ3n) is 4.13. The largest absolute Gasteiger partial charge is 0.342 e. The predicted octanol–water partition coefficient (Wildman–Crippen LogP) is 1.50. The lowest BCUT2D eigenvalue weighted by atomic mass is 10.4. The Morgan fingerprint density at radius 3 is 2.52 bits per heavy atom. The highest BCUT2D eigenvalue weighted by Crippen LogP contribution is 2.20. The van der Waals surface area contributed by atoms with E-state index in [0.29, 0.717) is 11.0 Å². The number of hydrogen-bond donors (Lipinski definition) is 0. The number of aromatic nitrogens is 3.